The lowest BCUT2D eigenvalue weighted by atomic mass is 10.0. The summed E-state index contributed by atoms with van der Waals surface area (Å²) in [6.07, 6.45) is -4.19. The summed E-state index contributed by atoms with van der Waals surface area (Å²) in [5.41, 5.74) is -0.754. The summed E-state index contributed by atoms with van der Waals surface area (Å²) in [5, 5.41) is 29.4. The maximum atomic E-state index is 12.1. The van der Waals surface area contributed by atoms with Crippen molar-refractivity contribution in [3.8, 4) is 0 Å². The molecule has 0 bridgehead atoms. The summed E-state index contributed by atoms with van der Waals surface area (Å²) >= 11 is 0. The largest absolute Gasteiger partial charge is 0.479 e. The second kappa shape index (κ2) is 8.09. The number of carboxylic acids is 1. The van der Waals surface area contributed by atoms with Crippen molar-refractivity contribution >= 4 is 17.8 Å². The number of carboxylic acid groups (broad SMARTS) is 1. The number of nitrogens with one attached hydrogen (secondary N) is 1. The van der Waals surface area contributed by atoms with Crippen molar-refractivity contribution in [1.82, 2.24) is 5.32 Å². The number of aliphatic carboxylic acids is 1. The van der Waals surface area contributed by atoms with Gasteiger partial charge in [0.1, 0.15) is 11.6 Å². The second-order valence-corrected chi connectivity index (χ2v) is 6.45. The number of carbonyl (C=O) groups excluding carboxylic acids is 2. The highest BCUT2D eigenvalue weighted by Crippen LogP contribution is 2.13. The average Bonchev–Trinajstić information content (AvgIpc) is 2.33. The minimum Gasteiger partial charge on any atom is -0.479 e. The highest BCUT2D eigenvalue weighted by Gasteiger charge is 2.34. The number of hydrogen-bond acceptors (Lipinski definition) is 6. The molecule has 4 N–H and O–H groups in total. The quantitative estimate of drug-likeness (QED) is 0.472. The van der Waals surface area contributed by atoms with Crippen LogP contribution in [-0.4, -0.2) is 57.0 Å². The van der Waals surface area contributed by atoms with E-state index >= 15 is 0 Å². The number of esters is 1. The minimum absolute atomic E-state index is 0.0411. The zero-order valence-corrected chi connectivity index (χ0v) is 13.5. The van der Waals surface area contributed by atoms with Crippen molar-refractivity contribution in [3.05, 3.63) is 0 Å². The molecule has 0 saturated carbocycles. The van der Waals surface area contributed by atoms with Gasteiger partial charge < -0.3 is 25.4 Å². The lowest BCUT2D eigenvalue weighted by molar-refractivity contribution is -0.162. The van der Waals surface area contributed by atoms with Crippen LogP contribution in [0.2, 0.25) is 0 Å². The zero-order chi connectivity index (χ0) is 17.7. The molecular weight excluding hydrogens is 294 g/mol. The highest BCUT2D eigenvalue weighted by molar-refractivity contribution is 5.90. The third-order valence-corrected chi connectivity index (χ3v) is 2.54. The number of aliphatic hydroxyl groups is 2. The molecule has 0 aliphatic rings. The predicted octanol–water partition coefficient (Wildman–Crippen LogP) is -0.335. The molecule has 0 aromatic rings. The van der Waals surface area contributed by atoms with Crippen molar-refractivity contribution < 1.29 is 34.4 Å². The Hall–Kier alpha value is -1.67. The SMILES string of the molecule is CC(C)C[C@H](NC(=O)[C@@H](O)[C@H](O)C(=O)O)C(=O)OC(C)(C)C. The van der Waals surface area contributed by atoms with E-state index in [0.717, 1.165) is 0 Å². The first-order valence-electron chi connectivity index (χ1n) is 6.97. The maximum absolute atomic E-state index is 12.1. The topological polar surface area (TPSA) is 133 Å². The van der Waals surface area contributed by atoms with Gasteiger partial charge in [-0.05, 0) is 33.1 Å². The number of aliphatic hydroxyl groups excluding tert-OH is 2. The molecule has 22 heavy (non-hydrogen) atoms. The second-order valence-electron chi connectivity index (χ2n) is 6.45. The first kappa shape index (κ1) is 20.3. The first-order chi connectivity index (χ1) is 9.85. The van der Waals surface area contributed by atoms with E-state index < -0.39 is 41.7 Å². The van der Waals surface area contributed by atoms with Crippen LogP contribution in [0.5, 0.6) is 0 Å². The standard InChI is InChI=1S/C14H25NO7/c1-7(2)6-8(13(21)22-14(3,4)5)15-11(18)9(16)10(17)12(19)20/h7-10,16-17H,6H2,1-5H3,(H,15,18)(H,19,20)/t8-,9-,10-/m0/s1. The van der Waals surface area contributed by atoms with Gasteiger partial charge >= 0.3 is 11.9 Å². The van der Waals surface area contributed by atoms with Gasteiger partial charge in [0.15, 0.2) is 12.2 Å². The summed E-state index contributed by atoms with van der Waals surface area (Å²) in [7, 11) is 0. The normalized spacial score (nSPS) is 15.8. The van der Waals surface area contributed by atoms with Crippen LogP contribution >= 0.6 is 0 Å². The predicted molar refractivity (Wildman–Crippen MR) is 76.9 cm³/mol. The van der Waals surface area contributed by atoms with Gasteiger partial charge in [0.25, 0.3) is 5.91 Å². The van der Waals surface area contributed by atoms with E-state index in [1.54, 1.807) is 20.8 Å². The molecule has 1 amide bonds. The molecule has 0 aromatic heterocycles. The van der Waals surface area contributed by atoms with E-state index in [4.69, 9.17) is 14.9 Å². The zero-order valence-electron chi connectivity index (χ0n) is 13.5. The van der Waals surface area contributed by atoms with Gasteiger partial charge in [-0.2, -0.15) is 0 Å². The van der Waals surface area contributed by atoms with Gasteiger partial charge in [-0.25, -0.2) is 9.59 Å². The molecule has 0 spiro atoms. The Balaban J connectivity index is 4.95. The summed E-state index contributed by atoms with van der Waals surface area (Å²) in [6.45, 7) is 8.66. The van der Waals surface area contributed by atoms with E-state index in [1.807, 2.05) is 13.8 Å². The number of rotatable bonds is 7. The van der Waals surface area contributed by atoms with Crippen molar-refractivity contribution in [2.75, 3.05) is 0 Å². The fourth-order valence-electron chi connectivity index (χ4n) is 1.59. The molecule has 0 fully saturated rings. The van der Waals surface area contributed by atoms with Gasteiger partial charge in [0, 0.05) is 0 Å². The van der Waals surface area contributed by atoms with Gasteiger partial charge in [-0.3, -0.25) is 4.79 Å². The Labute approximate surface area is 129 Å². The first-order valence-corrected chi connectivity index (χ1v) is 6.97. The molecule has 0 aliphatic carbocycles. The molecular formula is C14H25NO7. The summed E-state index contributed by atoms with van der Waals surface area (Å²) in [6, 6.07) is -1.04. The van der Waals surface area contributed by atoms with E-state index in [-0.39, 0.29) is 12.3 Å². The van der Waals surface area contributed by atoms with Gasteiger partial charge in [0.05, 0.1) is 0 Å². The van der Waals surface area contributed by atoms with Crippen LogP contribution in [0.1, 0.15) is 41.0 Å². The van der Waals surface area contributed by atoms with Crippen molar-refractivity contribution in [3.63, 3.8) is 0 Å². The molecule has 0 radical (unpaired) electrons. The minimum atomic E-state index is -2.27. The highest BCUT2D eigenvalue weighted by atomic mass is 16.6. The molecule has 0 saturated heterocycles. The molecule has 3 atom stereocenters. The third kappa shape index (κ3) is 7.37. The van der Waals surface area contributed by atoms with Crippen LogP contribution in [0.15, 0.2) is 0 Å². The van der Waals surface area contributed by atoms with Gasteiger partial charge in [-0.15, -0.1) is 0 Å². The van der Waals surface area contributed by atoms with Crippen molar-refractivity contribution in [2.45, 2.75) is 64.9 Å². The van der Waals surface area contributed by atoms with Crippen LogP contribution < -0.4 is 5.32 Å². The molecule has 8 nitrogen and oxygen atoms in total. The summed E-state index contributed by atoms with van der Waals surface area (Å²) in [5.74, 6) is -3.53. The molecule has 0 rings (SSSR count). The van der Waals surface area contributed by atoms with E-state index in [0.29, 0.717) is 0 Å². The van der Waals surface area contributed by atoms with Crippen molar-refractivity contribution in [2.24, 2.45) is 5.92 Å². The monoisotopic (exact) mass is 319 g/mol. The Kier molecular flexibility index (Phi) is 7.48. The smallest absolute Gasteiger partial charge is 0.335 e. The lowest BCUT2D eigenvalue weighted by Gasteiger charge is -2.26. The molecule has 0 aliphatic heterocycles. The number of amides is 1. The number of ether oxygens (including phenoxy) is 1. The average molecular weight is 319 g/mol. The fourth-order valence-corrected chi connectivity index (χ4v) is 1.59. The van der Waals surface area contributed by atoms with Crippen molar-refractivity contribution in [1.29, 1.82) is 0 Å². The van der Waals surface area contributed by atoms with Crippen LogP contribution in [0.4, 0.5) is 0 Å². The third-order valence-electron chi connectivity index (χ3n) is 2.54. The lowest BCUT2D eigenvalue weighted by Crippen LogP contribution is -2.52. The van der Waals surface area contributed by atoms with Crippen LogP contribution in [-0.2, 0) is 19.1 Å². The number of hydrogen-bond donors (Lipinski definition) is 4. The number of carbonyl (C=O) groups is 3. The molecule has 128 valence electrons. The molecule has 0 heterocycles. The van der Waals surface area contributed by atoms with Gasteiger partial charge in [-0.1, -0.05) is 13.8 Å². The van der Waals surface area contributed by atoms with E-state index in [2.05, 4.69) is 5.32 Å². The Morgan fingerprint density at radius 3 is 1.95 bits per heavy atom. The fraction of sp³-hybridized carbons (Fsp3) is 0.786. The van der Waals surface area contributed by atoms with E-state index in [1.165, 1.54) is 0 Å². The molecule has 8 heteroatoms. The van der Waals surface area contributed by atoms with Crippen LogP contribution in [0.25, 0.3) is 0 Å². The van der Waals surface area contributed by atoms with Crippen LogP contribution in [0, 0.1) is 5.92 Å². The van der Waals surface area contributed by atoms with Crippen LogP contribution in [0.3, 0.4) is 0 Å². The maximum Gasteiger partial charge on any atom is 0.335 e. The van der Waals surface area contributed by atoms with Gasteiger partial charge in [0.2, 0.25) is 0 Å². The van der Waals surface area contributed by atoms with E-state index in [9.17, 15) is 19.5 Å². The summed E-state index contributed by atoms with van der Waals surface area (Å²) in [4.78, 5) is 34.4. The Morgan fingerprint density at radius 2 is 1.59 bits per heavy atom. The Morgan fingerprint density at radius 1 is 1.09 bits per heavy atom. The Bertz CT molecular complexity index is 414. The molecule has 0 unspecified atom stereocenters. The molecule has 0 aromatic carbocycles. The summed E-state index contributed by atoms with van der Waals surface area (Å²) < 4.78 is 5.18.